The summed E-state index contributed by atoms with van der Waals surface area (Å²) >= 11 is 0. The van der Waals surface area contributed by atoms with Gasteiger partial charge in [-0.1, -0.05) is 30.3 Å². The van der Waals surface area contributed by atoms with Crippen molar-refractivity contribution < 1.29 is 14.9 Å². The van der Waals surface area contributed by atoms with E-state index in [9.17, 15) is 5.11 Å². The summed E-state index contributed by atoms with van der Waals surface area (Å²) in [5.41, 5.74) is 8.48. The van der Waals surface area contributed by atoms with Crippen molar-refractivity contribution in [3.05, 3.63) is 67.1 Å². The zero-order chi connectivity index (χ0) is 19.5. The second-order valence-corrected chi connectivity index (χ2v) is 6.43. The molecule has 4 aromatic rings. The van der Waals surface area contributed by atoms with Gasteiger partial charge in [-0.05, 0) is 29.8 Å². The first-order chi connectivity index (χ1) is 13.7. The molecule has 0 amide bonds. The molecule has 7 nitrogen and oxygen atoms in total. The summed E-state index contributed by atoms with van der Waals surface area (Å²) in [5.74, 6) is 1.85. The summed E-state index contributed by atoms with van der Waals surface area (Å²) in [6.45, 7) is -0.125. The van der Waals surface area contributed by atoms with Crippen LogP contribution >= 0.6 is 0 Å². The maximum atomic E-state index is 9.83. The lowest BCUT2D eigenvalue weighted by molar-refractivity contribution is 0.0821. The van der Waals surface area contributed by atoms with Crippen LogP contribution in [0, 0.1) is 0 Å². The van der Waals surface area contributed by atoms with E-state index in [0.717, 1.165) is 22.6 Å². The first kappa shape index (κ1) is 18.0. The summed E-state index contributed by atoms with van der Waals surface area (Å²) in [4.78, 5) is 8.40. The third kappa shape index (κ3) is 3.53. The number of para-hydroxylation sites is 1. The smallest absolute Gasteiger partial charge is 0.146 e. The summed E-state index contributed by atoms with van der Waals surface area (Å²) < 4.78 is 7.61. The number of benzene rings is 2. The molecule has 4 rings (SSSR count). The van der Waals surface area contributed by atoms with Crippen LogP contribution in [-0.2, 0) is 6.54 Å². The molecule has 0 fully saturated rings. The highest BCUT2D eigenvalue weighted by Gasteiger charge is 2.16. The Balaban J connectivity index is 1.70. The van der Waals surface area contributed by atoms with Gasteiger partial charge in [-0.3, -0.25) is 0 Å². The second-order valence-electron chi connectivity index (χ2n) is 6.43. The third-order valence-corrected chi connectivity index (χ3v) is 4.45. The average Bonchev–Trinajstić information content (AvgIpc) is 3.09. The Morgan fingerprint density at radius 2 is 1.71 bits per heavy atom. The first-order valence-corrected chi connectivity index (χ1v) is 8.87. The van der Waals surface area contributed by atoms with Gasteiger partial charge in [0.15, 0.2) is 0 Å². The number of rotatable bonds is 6. The number of aliphatic hydroxyl groups excluding tert-OH is 2. The van der Waals surface area contributed by atoms with Crippen LogP contribution in [0.15, 0.2) is 67.1 Å². The molecule has 2 heterocycles. The molecule has 0 aliphatic carbocycles. The van der Waals surface area contributed by atoms with Crippen molar-refractivity contribution in [2.75, 3.05) is 12.3 Å². The van der Waals surface area contributed by atoms with Gasteiger partial charge in [0.1, 0.15) is 29.3 Å². The SMILES string of the molecule is Nc1ncnc2c1c(-c1ccc(Oc3ccccc3)cc1)cn2CC(O)CO. The third-order valence-electron chi connectivity index (χ3n) is 4.45. The molecule has 142 valence electrons. The number of fused-ring (bicyclic) bond motifs is 1. The Kier molecular flexibility index (Phi) is 4.92. The molecule has 1 unspecified atom stereocenters. The van der Waals surface area contributed by atoms with Crippen LogP contribution in [0.2, 0.25) is 0 Å². The maximum absolute atomic E-state index is 9.83. The highest BCUT2D eigenvalue weighted by Crippen LogP contribution is 2.34. The van der Waals surface area contributed by atoms with Crippen molar-refractivity contribution in [1.29, 1.82) is 0 Å². The van der Waals surface area contributed by atoms with E-state index >= 15 is 0 Å². The van der Waals surface area contributed by atoms with Crippen molar-refractivity contribution >= 4 is 16.9 Å². The van der Waals surface area contributed by atoms with E-state index in [1.54, 1.807) is 4.57 Å². The summed E-state index contributed by atoms with van der Waals surface area (Å²) in [7, 11) is 0. The minimum atomic E-state index is -0.888. The molecule has 0 radical (unpaired) electrons. The number of anilines is 1. The molecular weight excluding hydrogens is 356 g/mol. The summed E-state index contributed by atoms with van der Waals surface area (Å²) in [5, 5.41) is 19.7. The number of nitrogens with zero attached hydrogens (tertiary/aromatic N) is 3. The predicted octanol–water partition coefficient (Wildman–Crippen LogP) is 2.83. The van der Waals surface area contributed by atoms with Gasteiger partial charge in [-0.15, -0.1) is 0 Å². The lowest BCUT2D eigenvalue weighted by atomic mass is 10.1. The van der Waals surface area contributed by atoms with Crippen molar-refractivity contribution in [2.24, 2.45) is 0 Å². The number of aromatic nitrogens is 3. The molecule has 2 aromatic heterocycles. The van der Waals surface area contributed by atoms with E-state index in [1.165, 1.54) is 6.33 Å². The highest BCUT2D eigenvalue weighted by molar-refractivity contribution is 6.00. The fourth-order valence-corrected chi connectivity index (χ4v) is 3.12. The fourth-order valence-electron chi connectivity index (χ4n) is 3.12. The molecule has 4 N–H and O–H groups in total. The van der Waals surface area contributed by atoms with Crippen LogP contribution in [0.1, 0.15) is 0 Å². The van der Waals surface area contributed by atoms with E-state index in [2.05, 4.69) is 9.97 Å². The zero-order valence-electron chi connectivity index (χ0n) is 15.1. The molecule has 0 saturated heterocycles. The number of aliphatic hydroxyl groups is 2. The monoisotopic (exact) mass is 376 g/mol. The van der Waals surface area contributed by atoms with Crippen LogP contribution in [0.5, 0.6) is 11.5 Å². The number of hydrogen-bond acceptors (Lipinski definition) is 6. The number of hydrogen-bond donors (Lipinski definition) is 3. The van der Waals surface area contributed by atoms with Gasteiger partial charge in [0.05, 0.1) is 24.6 Å². The van der Waals surface area contributed by atoms with Crippen LogP contribution in [0.25, 0.3) is 22.2 Å². The van der Waals surface area contributed by atoms with Crippen LogP contribution < -0.4 is 10.5 Å². The molecule has 0 bridgehead atoms. The standard InChI is InChI=1S/C21H20N4O3/c22-20-19-18(11-25(10-15(27)12-26)21(19)24-13-23-20)14-6-8-17(9-7-14)28-16-4-2-1-3-5-16/h1-9,11,13,15,26-27H,10,12H2,(H2,22,23,24). The number of ether oxygens (including phenoxy) is 1. The van der Waals surface area contributed by atoms with Gasteiger partial charge in [0, 0.05) is 11.8 Å². The molecular formula is C21H20N4O3. The summed E-state index contributed by atoms with van der Waals surface area (Å²) in [6, 6.07) is 17.2. The second kappa shape index (κ2) is 7.67. The topological polar surface area (TPSA) is 106 Å². The number of nitrogen functional groups attached to an aromatic ring is 1. The minimum Gasteiger partial charge on any atom is -0.457 e. The Hall–Kier alpha value is -3.42. The van der Waals surface area contributed by atoms with Gasteiger partial charge >= 0.3 is 0 Å². The Morgan fingerprint density at radius 3 is 2.43 bits per heavy atom. The lowest BCUT2D eigenvalue weighted by Crippen LogP contribution is -2.19. The summed E-state index contributed by atoms with van der Waals surface area (Å²) in [6.07, 6.45) is 2.36. The average molecular weight is 376 g/mol. The first-order valence-electron chi connectivity index (χ1n) is 8.87. The lowest BCUT2D eigenvalue weighted by Gasteiger charge is -2.08. The van der Waals surface area contributed by atoms with Gasteiger partial charge in [0.2, 0.25) is 0 Å². The predicted molar refractivity (Wildman–Crippen MR) is 107 cm³/mol. The maximum Gasteiger partial charge on any atom is 0.146 e. The molecule has 2 aromatic carbocycles. The normalized spacial score (nSPS) is 12.2. The van der Waals surface area contributed by atoms with Crippen LogP contribution in [-0.4, -0.2) is 37.5 Å². The van der Waals surface area contributed by atoms with E-state index < -0.39 is 6.10 Å². The molecule has 0 aliphatic heterocycles. The molecule has 28 heavy (non-hydrogen) atoms. The van der Waals surface area contributed by atoms with Crippen molar-refractivity contribution in [3.63, 3.8) is 0 Å². The van der Waals surface area contributed by atoms with E-state index in [0.29, 0.717) is 16.9 Å². The van der Waals surface area contributed by atoms with E-state index in [-0.39, 0.29) is 13.2 Å². The van der Waals surface area contributed by atoms with Crippen molar-refractivity contribution in [3.8, 4) is 22.6 Å². The van der Waals surface area contributed by atoms with Gasteiger partial charge in [0.25, 0.3) is 0 Å². The van der Waals surface area contributed by atoms with Crippen molar-refractivity contribution in [1.82, 2.24) is 14.5 Å². The molecule has 0 aliphatic rings. The Morgan fingerprint density at radius 1 is 1.00 bits per heavy atom. The Bertz CT molecular complexity index is 1080. The largest absolute Gasteiger partial charge is 0.457 e. The molecule has 1 atom stereocenters. The highest BCUT2D eigenvalue weighted by atomic mass is 16.5. The number of nitrogens with two attached hydrogens (primary N) is 1. The van der Waals surface area contributed by atoms with Crippen molar-refractivity contribution in [2.45, 2.75) is 12.6 Å². The zero-order valence-corrected chi connectivity index (χ0v) is 15.1. The quantitative estimate of drug-likeness (QED) is 0.478. The minimum absolute atomic E-state index is 0.207. The van der Waals surface area contributed by atoms with Gasteiger partial charge < -0.3 is 25.3 Å². The van der Waals surface area contributed by atoms with E-state index in [4.69, 9.17) is 15.6 Å². The van der Waals surface area contributed by atoms with Gasteiger partial charge in [-0.25, -0.2) is 9.97 Å². The molecule has 0 saturated carbocycles. The Labute approximate surface area is 161 Å². The van der Waals surface area contributed by atoms with E-state index in [1.807, 2.05) is 60.8 Å². The van der Waals surface area contributed by atoms with Crippen LogP contribution in [0.3, 0.4) is 0 Å². The molecule has 0 spiro atoms. The molecule has 7 heteroatoms. The fraction of sp³-hybridized carbons (Fsp3) is 0.143. The van der Waals surface area contributed by atoms with Crippen LogP contribution in [0.4, 0.5) is 5.82 Å². The van der Waals surface area contributed by atoms with Gasteiger partial charge in [-0.2, -0.15) is 0 Å².